The Hall–Kier alpha value is -0.0800. The fraction of sp³-hybridized carbons (Fsp3) is 1.00. The molecule has 0 fully saturated rings. The number of hydrogen-bond acceptors (Lipinski definition) is 2. The lowest BCUT2D eigenvalue weighted by atomic mass is 10.1. The van der Waals surface area contributed by atoms with Gasteiger partial charge in [0.05, 0.1) is 0 Å². The van der Waals surface area contributed by atoms with Crippen molar-refractivity contribution < 1.29 is 0 Å². The lowest BCUT2D eigenvalue weighted by Crippen LogP contribution is -2.45. The molecular formula is C12H28N2. The summed E-state index contributed by atoms with van der Waals surface area (Å²) in [6, 6.07) is 0. The third-order valence-corrected chi connectivity index (χ3v) is 2.29. The van der Waals surface area contributed by atoms with Crippen LogP contribution in [-0.2, 0) is 0 Å². The Labute approximate surface area is 89.9 Å². The predicted molar refractivity (Wildman–Crippen MR) is 64.5 cm³/mol. The van der Waals surface area contributed by atoms with Gasteiger partial charge < -0.3 is 10.6 Å². The molecule has 0 saturated carbocycles. The quantitative estimate of drug-likeness (QED) is 0.652. The standard InChI is InChI=1S/C12H28N2/c1-5-7-9-14(10-8-6-2)11-12(3,4)13/h5-11,13H2,1-4H3. The van der Waals surface area contributed by atoms with E-state index in [1.54, 1.807) is 0 Å². The molecule has 0 atom stereocenters. The van der Waals surface area contributed by atoms with Crippen LogP contribution in [0.25, 0.3) is 0 Å². The molecule has 2 heteroatoms. The fourth-order valence-corrected chi connectivity index (χ4v) is 1.61. The van der Waals surface area contributed by atoms with E-state index < -0.39 is 0 Å². The fourth-order valence-electron chi connectivity index (χ4n) is 1.61. The van der Waals surface area contributed by atoms with Crippen LogP contribution in [0.5, 0.6) is 0 Å². The van der Waals surface area contributed by atoms with E-state index in [1.165, 1.54) is 38.8 Å². The molecule has 0 aromatic heterocycles. The molecule has 2 N–H and O–H groups in total. The van der Waals surface area contributed by atoms with Gasteiger partial charge in [0.25, 0.3) is 0 Å². The van der Waals surface area contributed by atoms with Crippen molar-refractivity contribution in [3.05, 3.63) is 0 Å². The highest BCUT2D eigenvalue weighted by Gasteiger charge is 2.15. The molecule has 0 radical (unpaired) electrons. The molecule has 0 aromatic rings. The van der Waals surface area contributed by atoms with E-state index in [1.807, 2.05) is 0 Å². The van der Waals surface area contributed by atoms with Crippen molar-refractivity contribution in [2.24, 2.45) is 5.73 Å². The summed E-state index contributed by atoms with van der Waals surface area (Å²) in [4.78, 5) is 2.51. The first-order chi connectivity index (χ1) is 6.49. The number of unbranched alkanes of at least 4 members (excludes halogenated alkanes) is 2. The summed E-state index contributed by atoms with van der Waals surface area (Å²) in [5.74, 6) is 0. The highest BCUT2D eigenvalue weighted by Crippen LogP contribution is 2.05. The van der Waals surface area contributed by atoms with E-state index in [2.05, 4.69) is 32.6 Å². The number of rotatable bonds is 8. The molecule has 14 heavy (non-hydrogen) atoms. The molecule has 0 rings (SSSR count). The molecule has 0 spiro atoms. The van der Waals surface area contributed by atoms with Crippen LogP contribution in [0.15, 0.2) is 0 Å². The molecule has 0 aliphatic rings. The minimum absolute atomic E-state index is 0.0541. The van der Waals surface area contributed by atoms with E-state index in [0.29, 0.717) is 0 Å². The van der Waals surface area contributed by atoms with Crippen molar-refractivity contribution in [3.8, 4) is 0 Å². The van der Waals surface area contributed by atoms with Gasteiger partial charge in [-0.15, -0.1) is 0 Å². The molecule has 0 heterocycles. The van der Waals surface area contributed by atoms with Gasteiger partial charge in [-0.2, -0.15) is 0 Å². The maximum atomic E-state index is 6.04. The Morgan fingerprint density at radius 3 is 1.71 bits per heavy atom. The van der Waals surface area contributed by atoms with E-state index in [-0.39, 0.29) is 5.54 Å². The summed E-state index contributed by atoms with van der Waals surface area (Å²) in [5, 5.41) is 0. The zero-order chi connectivity index (χ0) is 11.0. The lowest BCUT2D eigenvalue weighted by Gasteiger charge is -2.29. The molecule has 0 aliphatic heterocycles. The monoisotopic (exact) mass is 200 g/mol. The predicted octanol–water partition coefficient (Wildman–Crippen LogP) is 2.63. The summed E-state index contributed by atoms with van der Waals surface area (Å²) < 4.78 is 0. The summed E-state index contributed by atoms with van der Waals surface area (Å²) >= 11 is 0. The molecule has 0 amide bonds. The second-order valence-corrected chi connectivity index (χ2v) is 4.97. The third-order valence-electron chi connectivity index (χ3n) is 2.29. The average Bonchev–Trinajstić information content (AvgIpc) is 2.07. The zero-order valence-electron chi connectivity index (χ0n) is 10.5. The second kappa shape index (κ2) is 7.24. The molecule has 0 aliphatic carbocycles. The van der Waals surface area contributed by atoms with Gasteiger partial charge in [-0.25, -0.2) is 0 Å². The van der Waals surface area contributed by atoms with Crippen LogP contribution >= 0.6 is 0 Å². The van der Waals surface area contributed by atoms with Crippen molar-refractivity contribution in [1.82, 2.24) is 4.90 Å². The maximum Gasteiger partial charge on any atom is 0.0226 e. The first kappa shape index (κ1) is 13.9. The normalized spacial score (nSPS) is 12.4. The van der Waals surface area contributed by atoms with E-state index in [4.69, 9.17) is 5.73 Å². The molecular weight excluding hydrogens is 172 g/mol. The van der Waals surface area contributed by atoms with Crippen LogP contribution in [0, 0.1) is 0 Å². The van der Waals surface area contributed by atoms with Gasteiger partial charge in [0.2, 0.25) is 0 Å². The van der Waals surface area contributed by atoms with Crippen LogP contribution in [0.1, 0.15) is 53.4 Å². The van der Waals surface area contributed by atoms with E-state index in [9.17, 15) is 0 Å². The van der Waals surface area contributed by atoms with Crippen LogP contribution in [-0.4, -0.2) is 30.1 Å². The van der Waals surface area contributed by atoms with Gasteiger partial charge in [0.15, 0.2) is 0 Å². The van der Waals surface area contributed by atoms with Gasteiger partial charge in [-0.1, -0.05) is 26.7 Å². The number of nitrogens with zero attached hydrogens (tertiary/aromatic N) is 1. The van der Waals surface area contributed by atoms with Crippen molar-refractivity contribution in [2.75, 3.05) is 19.6 Å². The Morgan fingerprint density at radius 2 is 1.43 bits per heavy atom. The van der Waals surface area contributed by atoms with Crippen LogP contribution < -0.4 is 5.73 Å². The molecule has 0 unspecified atom stereocenters. The molecule has 86 valence electrons. The van der Waals surface area contributed by atoms with Gasteiger partial charge >= 0.3 is 0 Å². The summed E-state index contributed by atoms with van der Waals surface area (Å²) in [7, 11) is 0. The highest BCUT2D eigenvalue weighted by molar-refractivity contribution is 4.77. The minimum atomic E-state index is -0.0541. The second-order valence-electron chi connectivity index (χ2n) is 4.97. The first-order valence-electron chi connectivity index (χ1n) is 6.01. The largest absolute Gasteiger partial charge is 0.324 e. The van der Waals surface area contributed by atoms with Gasteiger partial charge in [0.1, 0.15) is 0 Å². The molecule has 0 saturated heterocycles. The van der Waals surface area contributed by atoms with E-state index >= 15 is 0 Å². The summed E-state index contributed by atoms with van der Waals surface area (Å²) in [6.45, 7) is 12.1. The van der Waals surface area contributed by atoms with Crippen molar-refractivity contribution in [2.45, 2.75) is 58.9 Å². The van der Waals surface area contributed by atoms with E-state index in [0.717, 1.165) is 6.54 Å². The van der Waals surface area contributed by atoms with Crippen molar-refractivity contribution in [3.63, 3.8) is 0 Å². The minimum Gasteiger partial charge on any atom is -0.324 e. The van der Waals surface area contributed by atoms with Gasteiger partial charge in [-0.3, -0.25) is 0 Å². The Kier molecular flexibility index (Phi) is 7.20. The average molecular weight is 200 g/mol. The highest BCUT2D eigenvalue weighted by atomic mass is 15.1. The number of hydrogen-bond donors (Lipinski definition) is 1. The first-order valence-corrected chi connectivity index (χ1v) is 6.01. The lowest BCUT2D eigenvalue weighted by molar-refractivity contribution is 0.219. The Morgan fingerprint density at radius 1 is 1.00 bits per heavy atom. The van der Waals surface area contributed by atoms with Crippen LogP contribution in [0.4, 0.5) is 0 Å². The zero-order valence-corrected chi connectivity index (χ0v) is 10.5. The molecule has 0 aromatic carbocycles. The van der Waals surface area contributed by atoms with Crippen LogP contribution in [0.3, 0.4) is 0 Å². The number of nitrogens with two attached hydrogens (primary N) is 1. The Bertz CT molecular complexity index is 119. The van der Waals surface area contributed by atoms with Crippen molar-refractivity contribution in [1.29, 1.82) is 0 Å². The Balaban J connectivity index is 3.84. The molecule has 0 bridgehead atoms. The van der Waals surface area contributed by atoms with Gasteiger partial charge in [0, 0.05) is 12.1 Å². The van der Waals surface area contributed by atoms with Crippen molar-refractivity contribution >= 4 is 0 Å². The SMILES string of the molecule is CCCCN(CCCC)CC(C)(C)N. The maximum absolute atomic E-state index is 6.04. The summed E-state index contributed by atoms with van der Waals surface area (Å²) in [6.07, 6.45) is 5.13. The van der Waals surface area contributed by atoms with Gasteiger partial charge in [-0.05, 0) is 39.8 Å². The van der Waals surface area contributed by atoms with Crippen LogP contribution in [0.2, 0.25) is 0 Å². The topological polar surface area (TPSA) is 29.3 Å². The third kappa shape index (κ3) is 8.52. The summed E-state index contributed by atoms with van der Waals surface area (Å²) in [5.41, 5.74) is 5.98. The molecule has 2 nitrogen and oxygen atoms in total. The smallest absolute Gasteiger partial charge is 0.0226 e.